The standard InChI is InChI=1S/C14H11ClN2OS2/c15-10-3-1-4-11(9-10)16-14(19)17-13(18)7-6-12-5-2-8-20-12/h1-9H,(H2,16,17,18,19). The molecule has 3 nitrogen and oxygen atoms in total. The summed E-state index contributed by atoms with van der Waals surface area (Å²) in [4.78, 5) is 12.7. The number of hydrogen-bond donors (Lipinski definition) is 2. The van der Waals surface area contributed by atoms with Gasteiger partial charge in [-0.05, 0) is 47.9 Å². The third-order valence-corrected chi connectivity index (χ3v) is 3.54. The van der Waals surface area contributed by atoms with Gasteiger partial charge in [0.2, 0.25) is 5.91 Å². The van der Waals surface area contributed by atoms with Gasteiger partial charge in [0.15, 0.2) is 5.11 Å². The van der Waals surface area contributed by atoms with Gasteiger partial charge < -0.3 is 5.32 Å². The van der Waals surface area contributed by atoms with Gasteiger partial charge in [0, 0.05) is 21.7 Å². The summed E-state index contributed by atoms with van der Waals surface area (Å²) in [6.07, 6.45) is 3.18. The predicted molar refractivity (Wildman–Crippen MR) is 89.2 cm³/mol. The Balaban J connectivity index is 1.86. The average Bonchev–Trinajstić information content (AvgIpc) is 2.89. The van der Waals surface area contributed by atoms with Gasteiger partial charge in [0.1, 0.15) is 0 Å². The highest BCUT2D eigenvalue weighted by Gasteiger charge is 2.02. The second kappa shape index (κ2) is 7.19. The minimum atomic E-state index is -0.280. The van der Waals surface area contributed by atoms with Crippen molar-refractivity contribution < 1.29 is 4.79 Å². The van der Waals surface area contributed by atoms with Crippen molar-refractivity contribution in [3.05, 3.63) is 57.8 Å². The Hall–Kier alpha value is -1.69. The molecule has 0 radical (unpaired) electrons. The van der Waals surface area contributed by atoms with E-state index in [-0.39, 0.29) is 11.0 Å². The summed E-state index contributed by atoms with van der Waals surface area (Å²) < 4.78 is 0. The Morgan fingerprint density at radius 2 is 2.15 bits per heavy atom. The van der Waals surface area contributed by atoms with E-state index in [2.05, 4.69) is 10.6 Å². The molecule has 1 aromatic carbocycles. The highest BCUT2D eigenvalue weighted by molar-refractivity contribution is 7.80. The third kappa shape index (κ3) is 4.77. The topological polar surface area (TPSA) is 41.1 Å². The van der Waals surface area contributed by atoms with Crippen LogP contribution < -0.4 is 10.6 Å². The molecular weight excluding hydrogens is 312 g/mol. The van der Waals surface area contributed by atoms with E-state index in [1.807, 2.05) is 23.6 Å². The number of amides is 1. The number of benzene rings is 1. The van der Waals surface area contributed by atoms with E-state index >= 15 is 0 Å². The van der Waals surface area contributed by atoms with Crippen molar-refractivity contribution in [1.82, 2.24) is 5.32 Å². The second-order valence-electron chi connectivity index (χ2n) is 3.80. The molecule has 1 amide bonds. The molecule has 102 valence electrons. The van der Waals surface area contributed by atoms with E-state index < -0.39 is 0 Å². The van der Waals surface area contributed by atoms with Gasteiger partial charge in [-0.1, -0.05) is 23.7 Å². The molecule has 2 N–H and O–H groups in total. The number of nitrogens with one attached hydrogen (secondary N) is 2. The Morgan fingerprint density at radius 3 is 2.85 bits per heavy atom. The Bertz CT molecular complexity index is 638. The van der Waals surface area contributed by atoms with E-state index in [9.17, 15) is 4.79 Å². The average molecular weight is 323 g/mol. The molecule has 1 aromatic heterocycles. The van der Waals surface area contributed by atoms with Crippen molar-refractivity contribution in [2.24, 2.45) is 0 Å². The van der Waals surface area contributed by atoms with Gasteiger partial charge in [-0.15, -0.1) is 11.3 Å². The Labute approximate surface area is 131 Å². The quantitative estimate of drug-likeness (QED) is 0.664. The minimum Gasteiger partial charge on any atom is -0.332 e. The number of halogens is 1. The first-order valence-electron chi connectivity index (χ1n) is 5.72. The van der Waals surface area contributed by atoms with Crippen molar-refractivity contribution >= 4 is 57.9 Å². The SMILES string of the molecule is O=C(C=Cc1cccs1)NC(=S)Nc1cccc(Cl)c1. The van der Waals surface area contributed by atoms with Gasteiger partial charge in [-0.2, -0.15) is 0 Å². The number of thiophene rings is 1. The third-order valence-electron chi connectivity index (χ3n) is 2.26. The summed E-state index contributed by atoms with van der Waals surface area (Å²) in [5.74, 6) is -0.280. The Morgan fingerprint density at radius 1 is 1.30 bits per heavy atom. The van der Waals surface area contributed by atoms with Crippen LogP contribution >= 0.6 is 35.2 Å². The van der Waals surface area contributed by atoms with E-state index in [0.717, 1.165) is 10.6 Å². The van der Waals surface area contributed by atoms with Crippen LogP contribution in [-0.4, -0.2) is 11.0 Å². The van der Waals surface area contributed by atoms with E-state index in [1.165, 1.54) is 6.08 Å². The molecule has 2 rings (SSSR count). The summed E-state index contributed by atoms with van der Waals surface area (Å²) in [6, 6.07) is 10.9. The molecule has 0 atom stereocenters. The van der Waals surface area contributed by atoms with Crippen molar-refractivity contribution in [3.63, 3.8) is 0 Å². The second-order valence-corrected chi connectivity index (χ2v) is 5.63. The Kier molecular flexibility index (Phi) is 5.29. The molecule has 6 heteroatoms. The highest BCUT2D eigenvalue weighted by Crippen LogP contribution is 2.14. The molecule has 0 aliphatic rings. The lowest BCUT2D eigenvalue weighted by molar-refractivity contribution is -0.115. The van der Waals surface area contributed by atoms with Crippen LogP contribution in [0, 0.1) is 0 Å². The van der Waals surface area contributed by atoms with Gasteiger partial charge in [-0.3, -0.25) is 10.1 Å². The molecule has 2 aromatic rings. The summed E-state index contributed by atoms with van der Waals surface area (Å²) in [5.41, 5.74) is 0.727. The van der Waals surface area contributed by atoms with E-state index in [4.69, 9.17) is 23.8 Å². The summed E-state index contributed by atoms with van der Waals surface area (Å²) in [7, 11) is 0. The maximum atomic E-state index is 11.7. The zero-order chi connectivity index (χ0) is 14.4. The number of thiocarbonyl (C=S) groups is 1. The fourth-order valence-corrected chi connectivity index (χ4v) is 2.45. The van der Waals surface area contributed by atoms with Crippen molar-refractivity contribution in [2.45, 2.75) is 0 Å². The normalized spacial score (nSPS) is 10.4. The molecule has 0 aliphatic heterocycles. The lowest BCUT2D eigenvalue weighted by Crippen LogP contribution is -2.32. The zero-order valence-corrected chi connectivity index (χ0v) is 12.7. The number of rotatable bonds is 3. The number of carbonyl (C=O) groups excluding carboxylic acids is 1. The van der Waals surface area contributed by atoms with Crippen LogP contribution in [0.3, 0.4) is 0 Å². The molecule has 0 bridgehead atoms. The van der Waals surface area contributed by atoms with Crippen LogP contribution in [0.4, 0.5) is 5.69 Å². The van der Waals surface area contributed by atoms with Crippen molar-refractivity contribution in [1.29, 1.82) is 0 Å². The van der Waals surface area contributed by atoms with Crippen LogP contribution in [0.1, 0.15) is 4.88 Å². The lowest BCUT2D eigenvalue weighted by Gasteiger charge is -2.08. The number of hydrogen-bond acceptors (Lipinski definition) is 3. The smallest absolute Gasteiger partial charge is 0.250 e. The first-order valence-corrected chi connectivity index (χ1v) is 7.39. The van der Waals surface area contributed by atoms with Crippen molar-refractivity contribution in [3.8, 4) is 0 Å². The van der Waals surface area contributed by atoms with Gasteiger partial charge in [0.05, 0.1) is 0 Å². The monoisotopic (exact) mass is 322 g/mol. The largest absolute Gasteiger partial charge is 0.332 e. The molecule has 0 saturated carbocycles. The van der Waals surface area contributed by atoms with Crippen LogP contribution in [0.15, 0.2) is 47.9 Å². The van der Waals surface area contributed by atoms with Crippen LogP contribution in [0.25, 0.3) is 6.08 Å². The molecular formula is C14H11ClN2OS2. The fraction of sp³-hybridized carbons (Fsp3) is 0. The van der Waals surface area contributed by atoms with Crippen LogP contribution in [0.5, 0.6) is 0 Å². The number of anilines is 1. The maximum absolute atomic E-state index is 11.7. The predicted octanol–water partition coefficient (Wildman–Crippen LogP) is 3.93. The molecule has 1 heterocycles. The zero-order valence-electron chi connectivity index (χ0n) is 10.3. The molecule has 0 saturated heterocycles. The summed E-state index contributed by atoms with van der Waals surface area (Å²) in [6.45, 7) is 0. The lowest BCUT2D eigenvalue weighted by atomic mass is 10.3. The van der Waals surface area contributed by atoms with Gasteiger partial charge in [0.25, 0.3) is 0 Å². The van der Waals surface area contributed by atoms with Gasteiger partial charge in [-0.25, -0.2) is 0 Å². The van der Waals surface area contributed by atoms with Crippen molar-refractivity contribution in [2.75, 3.05) is 5.32 Å². The fourth-order valence-electron chi connectivity index (χ4n) is 1.43. The molecule has 0 spiro atoms. The number of carbonyl (C=O) groups is 1. The minimum absolute atomic E-state index is 0.230. The molecule has 0 aliphatic carbocycles. The first kappa shape index (κ1) is 14.7. The first-order chi connectivity index (χ1) is 9.63. The summed E-state index contributed by atoms with van der Waals surface area (Å²) >= 11 is 12.5. The van der Waals surface area contributed by atoms with Crippen LogP contribution in [-0.2, 0) is 4.79 Å². The highest BCUT2D eigenvalue weighted by atomic mass is 35.5. The van der Waals surface area contributed by atoms with Crippen LogP contribution in [0.2, 0.25) is 5.02 Å². The molecule has 20 heavy (non-hydrogen) atoms. The molecule has 0 unspecified atom stereocenters. The molecule has 0 fully saturated rings. The van der Waals surface area contributed by atoms with E-state index in [0.29, 0.717) is 5.02 Å². The van der Waals surface area contributed by atoms with E-state index in [1.54, 1.807) is 35.6 Å². The van der Waals surface area contributed by atoms with Gasteiger partial charge >= 0.3 is 0 Å². The summed E-state index contributed by atoms with van der Waals surface area (Å²) in [5, 5.41) is 8.23. The maximum Gasteiger partial charge on any atom is 0.250 e.